The minimum absolute atomic E-state index is 0.0918. The standard InChI is InChI=1S/C9H14N6O/c1-5(16-2)3-11-7-6-8(13-4-12-6)15-9(10)14-7/h4-5H,3H2,1-2H3,(H4,10,11,12,13,14,15). The second kappa shape index (κ2) is 4.31. The van der Waals surface area contributed by atoms with Crippen LogP contribution >= 0.6 is 0 Å². The first-order valence-electron chi connectivity index (χ1n) is 4.94. The Labute approximate surface area is 92.4 Å². The van der Waals surface area contributed by atoms with E-state index in [4.69, 9.17) is 10.5 Å². The Bertz CT molecular complexity index is 482. The number of methoxy groups -OCH3 is 1. The normalized spacial score (nSPS) is 12.9. The number of ether oxygens (including phenoxy) is 1. The zero-order valence-corrected chi connectivity index (χ0v) is 9.19. The molecule has 2 heterocycles. The van der Waals surface area contributed by atoms with Crippen LogP contribution < -0.4 is 11.1 Å². The summed E-state index contributed by atoms with van der Waals surface area (Å²) in [6.07, 6.45) is 1.65. The maximum Gasteiger partial charge on any atom is 0.224 e. The topological polar surface area (TPSA) is 102 Å². The zero-order valence-electron chi connectivity index (χ0n) is 9.19. The molecule has 0 fully saturated rings. The summed E-state index contributed by atoms with van der Waals surface area (Å²) in [5, 5.41) is 3.14. The molecule has 0 spiro atoms. The number of aromatic nitrogens is 4. The van der Waals surface area contributed by atoms with Crippen LogP contribution in [0.1, 0.15) is 6.92 Å². The van der Waals surface area contributed by atoms with Gasteiger partial charge in [0.15, 0.2) is 11.5 Å². The Kier molecular flexibility index (Phi) is 2.86. The second-order valence-electron chi connectivity index (χ2n) is 3.46. The average molecular weight is 222 g/mol. The third-order valence-corrected chi connectivity index (χ3v) is 2.26. The SMILES string of the molecule is COC(C)CNc1nc(N)nc2nc[nH]c12. The van der Waals surface area contributed by atoms with Crippen molar-refractivity contribution in [3.05, 3.63) is 6.33 Å². The number of nitrogens with zero attached hydrogens (tertiary/aromatic N) is 3. The van der Waals surface area contributed by atoms with Gasteiger partial charge in [-0.3, -0.25) is 0 Å². The molecule has 0 aliphatic heterocycles. The molecule has 0 bridgehead atoms. The van der Waals surface area contributed by atoms with E-state index in [0.29, 0.717) is 18.0 Å². The molecule has 1 unspecified atom stereocenters. The number of nitrogen functional groups attached to an aromatic ring is 1. The lowest BCUT2D eigenvalue weighted by Crippen LogP contribution is -2.19. The summed E-state index contributed by atoms with van der Waals surface area (Å²) in [5.41, 5.74) is 6.88. The van der Waals surface area contributed by atoms with Gasteiger partial charge >= 0.3 is 0 Å². The molecule has 16 heavy (non-hydrogen) atoms. The van der Waals surface area contributed by atoms with Gasteiger partial charge in [0.05, 0.1) is 12.4 Å². The summed E-state index contributed by atoms with van der Waals surface area (Å²) >= 11 is 0. The molecule has 2 aromatic rings. The van der Waals surface area contributed by atoms with Crippen LogP contribution in [0.15, 0.2) is 6.33 Å². The molecule has 0 amide bonds. The predicted molar refractivity (Wildman–Crippen MR) is 61.1 cm³/mol. The maximum absolute atomic E-state index is 5.58. The Morgan fingerprint density at radius 3 is 3.12 bits per heavy atom. The second-order valence-corrected chi connectivity index (χ2v) is 3.46. The van der Waals surface area contributed by atoms with E-state index < -0.39 is 0 Å². The minimum atomic E-state index is 0.0918. The lowest BCUT2D eigenvalue weighted by molar-refractivity contribution is 0.128. The number of hydrogen-bond acceptors (Lipinski definition) is 6. The van der Waals surface area contributed by atoms with Gasteiger partial charge in [0.1, 0.15) is 5.52 Å². The number of fused-ring (bicyclic) bond motifs is 1. The van der Waals surface area contributed by atoms with Gasteiger partial charge in [0.2, 0.25) is 5.95 Å². The van der Waals surface area contributed by atoms with Crippen LogP contribution in [-0.2, 0) is 4.74 Å². The van der Waals surface area contributed by atoms with E-state index in [1.807, 2.05) is 6.92 Å². The van der Waals surface area contributed by atoms with Gasteiger partial charge in [-0.25, -0.2) is 4.98 Å². The van der Waals surface area contributed by atoms with E-state index in [1.165, 1.54) is 0 Å². The first kappa shape index (κ1) is 10.6. The molecule has 0 aromatic carbocycles. The molecule has 0 saturated carbocycles. The van der Waals surface area contributed by atoms with E-state index in [0.717, 1.165) is 5.52 Å². The summed E-state index contributed by atoms with van der Waals surface area (Å²) in [6, 6.07) is 0. The maximum atomic E-state index is 5.58. The number of nitrogens with one attached hydrogen (secondary N) is 2. The Morgan fingerprint density at radius 2 is 2.38 bits per heavy atom. The smallest absolute Gasteiger partial charge is 0.224 e. The molecule has 2 aromatic heterocycles. The molecule has 0 saturated heterocycles. The summed E-state index contributed by atoms with van der Waals surface area (Å²) in [6.45, 7) is 2.60. The van der Waals surface area contributed by atoms with Gasteiger partial charge in [-0.2, -0.15) is 9.97 Å². The first-order valence-corrected chi connectivity index (χ1v) is 4.94. The number of anilines is 2. The van der Waals surface area contributed by atoms with Crippen molar-refractivity contribution in [1.29, 1.82) is 0 Å². The summed E-state index contributed by atoms with van der Waals surface area (Å²) in [7, 11) is 1.66. The van der Waals surface area contributed by atoms with Crippen LogP contribution in [-0.4, -0.2) is 39.7 Å². The number of nitrogens with two attached hydrogens (primary N) is 1. The third kappa shape index (κ3) is 2.03. The molecule has 86 valence electrons. The molecule has 4 N–H and O–H groups in total. The monoisotopic (exact) mass is 222 g/mol. The summed E-state index contributed by atoms with van der Waals surface area (Å²) in [5.74, 6) is 0.844. The number of imidazole rings is 1. The van der Waals surface area contributed by atoms with E-state index in [2.05, 4.69) is 25.3 Å². The van der Waals surface area contributed by atoms with Crippen molar-refractivity contribution in [1.82, 2.24) is 19.9 Å². The third-order valence-electron chi connectivity index (χ3n) is 2.26. The predicted octanol–water partition coefficient (Wildman–Crippen LogP) is 0.382. The van der Waals surface area contributed by atoms with Gasteiger partial charge < -0.3 is 20.8 Å². The molecular formula is C9H14N6O. The average Bonchev–Trinajstić information content (AvgIpc) is 2.73. The largest absolute Gasteiger partial charge is 0.380 e. The van der Waals surface area contributed by atoms with Gasteiger partial charge in [0, 0.05) is 13.7 Å². The fraction of sp³-hybridized carbons (Fsp3) is 0.444. The van der Waals surface area contributed by atoms with Crippen molar-refractivity contribution < 1.29 is 4.74 Å². The van der Waals surface area contributed by atoms with Gasteiger partial charge in [0.25, 0.3) is 0 Å². The lowest BCUT2D eigenvalue weighted by Gasteiger charge is -2.11. The Balaban J connectivity index is 2.25. The molecule has 7 heteroatoms. The van der Waals surface area contributed by atoms with E-state index >= 15 is 0 Å². The van der Waals surface area contributed by atoms with E-state index in [1.54, 1.807) is 13.4 Å². The van der Waals surface area contributed by atoms with Crippen molar-refractivity contribution >= 4 is 22.9 Å². The molecule has 0 aliphatic carbocycles. The fourth-order valence-corrected chi connectivity index (χ4v) is 1.30. The highest BCUT2D eigenvalue weighted by Crippen LogP contribution is 2.16. The highest BCUT2D eigenvalue weighted by Gasteiger charge is 2.08. The summed E-state index contributed by atoms with van der Waals surface area (Å²) in [4.78, 5) is 15.1. The van der Waals surface area contributed by atoms with Crippen LogP contribution in [0.2, 0.25) is 0 Å². The van der Waals surface area contributed by atoms with Crippen molar-refractivity contribution in [3.8, 4) is 0 Å². The molecular weight excluding hydrogens is 208 g/mol. The zero-order chi connectivity index (χ0) is 11.5. The molecule has 0 radical (unpaired) electrons. The molecule has 0 aliphatic rings. The Morgan fingerprint density at radius 1 is 1.56 bits per heavy atom. The van der Waals surface area contributed by atoms with Crippen LogP contribution in [0.5, 0.6) is 0 Å². The highest BCUT2D eigenvalue weighted by atomic mass is 16.5. The highest BCUT2D eigenvalue weighted by molar-refractivity contribution is 5.83. The van der Waals surface area contributed by atoms with Crippen LogP contribution in [0, 0.1) is 0 Å². The minimum Gasteiger partial charge on any atom is -0.380 e. The molecule has 7 nitrogen and oxygen atoms in total. The van der Waals surface area contributed by atoms with Crippen LogP contribution in [0.25, 0.3) is 11.2 Å². The van der Waals surface area contributed by atoms with Crippen molar-refractivity contribution in [2.75, 3.05) is 24.7 Å². The Hall–Kier alpha value is -1.89. The van der Waals surface area contributed by atoms with E-state index in [-0.39, 0.29) is 12.1 Å². The van der Waals surface area contributed by atoms with Crippen molar-refractivity contribution in [3.63, 3.8) is 0 Å². The molecule has 1 atom stereocenters. The van der Waals surface area contributed by atoms with Crippen molar-refractivity contribution in [2.24, 2.45) is 0 Å². The van der Waals surface area contributed by atoms with Gasteiger partial charge in [-0.05, 0) is 6.92 Å². The van der Waals surface area contributed by atoms with Gasteiger partial charge in [-0.1, -0.05) is 0 Å². The van der Waals surface area contributed by atoms with E-state index in [9.17, 15) is 0 Å². The van der Waals surface area contributed by atoms with Crippen LogP contribution in [0.4, 0.5) is 11.8 Å². The van der Waals surface area contributed by atoms with Gasteiger partial charge in [-0.15, -0.1) is 0 Å². The summed E-state index contributed by atoms with van der Waals surface area (Å²) < 4.78 is 5.13. The quantitative estimate of drug-likeness (QED) is 0.691. The molecule has 2 rings (SSSR count). The van der Waals surface area contributed by atoms with Crippen LogP contribution in [0.3, 0.4) is 0 Å². The fourth-order valence-electron chi connectivity index (χ4n) is 1.30. The number of hydrogen-bond donors (Lipinski definition) is 3. The number of rotatable bonds is 4. The first-order chi connectivity index (χ1) is 7.70. The number of aromatic amines is 1. The van der Waals surface area contributed by atoms with Crippen molar-refractivity contribution in [2.45, 2.75) is 13.0 Å². The number of H-pyrrole nitrogens is 1. The lowest BCUT2D eigenvalue weighted by atomic mass is 10.4.